The molecule has 0 saturated carbocycles. The van der Waals surface area contributed by atoms with Gasteiger partial charge in [-0.25, -0.2) is 0 Å². The molecule has 0 aliphatic rings. The van der Waals surface area contributed by atoms with Crippen molar-refractivity contribution in [2.45, 2.75) is 46.1 Å². The average Bonchev–Trinajstić information content (AvgIpc) is 2.15. The van der Waals surface area contributed by atoms with Gasteiger partial charge in [-0.3, -0.25) is 0 Å². The SMILES string of the molecule is C=CCCCN(C)C(C)C(C)CC. The first-order chi connectivity index (χ1) is 6.13. The molecule has 0 spiro atoms. The smallest absolute Gasteiger partial charge is 0.00894 e. The largest absolute Gasteiger partial charge is 0.303 e. The molecule has 0 aromatic rings. The monoisotopic (exact) mass is 183 g/mol. The Kier molecular flexibility index (Phi) is 6.97. The van der Waals surface area contributed by atoms with Crippen LogP contribution in [0.25, 0.3) is 0 Å². The van der Waals surface area contributed by atoms with Gasteiger partial charge in [0.15, 0.2) is 0 Å². The summed E-state index contributed by atoms with van der Waals surface area (Å²) in [5.74, 6) is 0.800. The first kappa shape index (κ1) is 12.7. The van der Waals surface area contributed by atoms with Gasteiger partial charge in [-0.05, 0) is 39.3 Å². The van der Waals surface area contributed by atoms with Gasteiger partial charge >= 0.3 is 0 Å². The summed E-state index contributed by atoms with van der Waals surface area (Å²) in [6.07, 6.45) is 5.65. The Morgan fingerprint density at radius 1 is 1.38 bits per heavy atom. The van der Waals surface area contributed by atoms with E-state index in [0.717, 1.165) is 12.3 Å². The maximum Gasteiger partial charge on any atom is 0.00894 e. The van der Waals surface area contributed by atoms with E-state index in [1.54, 1.807) is 0 Å². The standard InChI is InChI=1S/C12H25N/c1-6-8-9-10-13(5)12(4)11(3)7-2/h6,11-12H,1,7-10H2,2-5H3. The van der Waals surface area contributed by atoms with E-state index in [1.807, 2.05) is 6.08 Å². The van der Waals surface area contributed by atoms with Crippen LogP contribution in [0, 0.1) is 5.92 Å². The van der Waals surface area contributed by atoms with Gasteiger partial charge in [-0.2, -0.15) is 0 Å². The van der Waals surface area contributed by atoms with E-state index in [0.29, 0.717) is 6.04 Å². The lowest BCUT2D eigenvalue weighted by atomic mass is 9.99. The minimum absolute atomic E-state index is 0.704. The molecule has 0 fully saturated rings. The fourth-order valence-electron chi connectivity index (χ4n) is 1.46. The van der Waals surface area contributed by atoms with Crippen molar-refractivity contribution in [1.29, 1.82) is 0 Å². The lowest BCUT2D eigenvalue weighted by molar-refractivity contribution is 0.194. The van der Waals surface area contributed by atoms with Crippen molar-refractivity contribution in [3.63, 3.8) is 0 Å². The Bertz CT molecular complexity index is 131. The van der Waals surface area contributed by atoms with Crippen LogP contribution < -0.4 is 0 Å². The van der Waals surface area contributed by atoms with Gasteiger partial charge < -0.3 is 4.90 Å². The third-order valence-electron chi connectivity index (χ3n) is 3.08. The summed E-state index contributed by atoms with van der Waals surface area (Å²) in [5.41, 5.74) is 0. The molecule has 2 atom stereocenters. The quantitative estimate of drug-likeness (QED) is 0.432. The summed E-state index contributed by atoms with van der Waals surface area (Å²) in [4.78, 5) is 2.46. The van der Waals surface area contributed by atoms with E-state index in [1.165, 1.54) is 19.4 Å². The zero-order chi connectivity index (χ0) is 10.3. The molecule has 0 heterocycles. The van der Waals surface area contributed by atoms with Gasteiger partial charge in [0.05, 0.1) is 0 Å². The summed E-state index contributed by atoms with van der Waals surface area (Å²) < 4.78 is 0. The van der Waals surface area contributed by atoms with E-state index in [-0.39, 0.29) is 0 Å². The molecule has 0 bridgehead atoms. The van der Waals surface area contributed by atoms with Crippen molar-refractivity contribution in [3.05, 3.63) is 12.7 Å². The Balaban J connectivity index is 3.67. The van der Waals surface area contributed by atoms with Crippen LogP contribution in [0.15, 0.2) is 12.7 Å². The molecule has 1 nitrogen and oxygen atoms in total. The fraction of sp³-hybridized carbons (Fsp3) is 0.833. The third-order valence-corrected chi connectivity index (χ3v) is 3.08. The first-order valence-electron chi connectivity index (χ1n) is 5.44. The summed E-state index contributed by atoms with van der Waals surface area (Å²) in [7, 11) is 2.22. The van der Waals surface area contributed by atoms with Gasteiger partial charge in [0.25, 0.3) is 0 Å². The molecule has 2 unspecified atom stereocenters. The van der Waals surface area contributed by atoms with Crippen molar-refractivity contribution >= 4 is 0 Å². The van der Waals surface area contributed by atoms with Gasteiger partial charge in [0.1, 0.15) is 0 Å². The maximum absolute atomic E-state index is 3.74. The van der Waals surface area contributed by atoms with Crippen molar-refractivity contribution in [2.24, 2.45) is 5.92 Å². The van der Waals surface area contributed by atoms with Crippen LogP contribution in [0.4, 0.5) is 0 Å². The van der Waals surface area contributed by atoms with E-state index < -0.39 is 0 Å². The zero-order valence-electron chi connectivity index (χ0n) is 9.71. The van der Waals surface area contributed by atoms with Crippen molar-refractivity contribution in [3.8, 4) is 0 Å². The predicted molar refractivity (Wildman–Crippen MR) is 61.0 cm³/mol. The topological polar surface area (TPSA) is 3.24 Å². The summed E-state index contributed by atoms with van der Waals surface area (Å²) in [6.45, 7) is 11.8. The van der Waals surface area contributed by atoms with Crippen LogP contribution in [-0.4, -0.2) is 24.5 Å². The van der Waals surface area contributed by atoms with Crippen LogP contribution in [0.3, 0.4) is 0 Å². The van der Waals surface area contributed by atoms with Gasteiger partial charge in [-0.15, -0.1) is 6.58 Å². The molecule has 0 aromatic heterocycles. The summed E-state index contributed by atoms with van der Waals surface area (Å²) in [5, 5.41) is 0. The fourth-order valence-corrected chi connectivity index (χ4v) is 1.46. The lowest BCUT2D eigenvalue weighted by Crippen LogP contribution is -2.34. The molecular weight excluding hydrogens is 158 g/mol. The number of unbranched alkanes of at least 4 members (excludes halogenated alkanes) is 1. The predicted octanol–water partition coefficient (Wildman–Crippen LogP) is 3.32. The highest BCUT2D eigenvalue weighted by molar-refractivity contribution is 4.71. The molecule has 0 aromatic carbocycles. The van der Waals surface area contributed by atoms with Crippen molar-refractivity contribution in [1.82, 2.24) is 4.90 Å². The number of nitrogens with zero attached hydrogens (tertiary/aromatic N) is 1. The minimum Gasteiger partial charge on any atom is -0.303 e. The Labute approximate surface area is 83.8 Å². The molecule has 0 N–H and O–H groups in total. The normalized spacial score (nSPS) is 15.8. The maximum atomic E-state index is 3.74. The van der Waals surface area contributed by atoms with Crippen molar-refractivity contribution < 1.29 is 0 Å². The molecule has 78 valence electrons. The van der Waals surface area contributed by atoms with E-state index in [4.69, 9.17) is 0 Å². The number of hydrogen-bond donors (Lipinski definition) is 0. The molecule has 0 aliphatic carbocycles. The second-order valence-corrected chi connectivity index (χ2v) is 4.04. The van der Waals surface area contributed by atoms with Crippen LogP contribution in [0.2, 0.25) is 0 Å². The molecular formula is C12H25N. The van der Waals surface area contributed by atoms with Crippen LogP contribution in [0.1, 0.15) is 40.0 Å². The van der Waals surface area contributed by atoms with Gasteiger partial charge in [0.2, 0.25) is 0 Å². The zero-order valence-corrected chi connectivity index (χ0v) is 9.71. The molecule has 0 aliphatic heterocycles. The number of allylic oxidation sites excluding steroid dienone is 1. The second-order valence-electron chi connectivity index (χ2n) is 4.04. The van der Waals surface area contributed by atoms with E-state index in [2.05, 4.69) is 39.3 Å². The molecule has 0 amide bonds. The molecule has 1 heteroatoms. The average molecular weight is 183 g/mol. The minimum atomic E-state index is 0.704. The molecule has 0 saturated heterocycles. The second kappa shape index (κ2) is 7.14. The first-order valence-corrected chi connectivity index (χ1v) is 5.44. The van der Waals surface area contributed by atoms with Crippen LogP contribution in [0.5, 0.6) is 0 Å². The van der Waals surface area contributed by atoms with E-state index in [9.17, 15) is 0 Å². The Morgan fingerprint density at radius 2 is 2.00 bits per heavy atom. The molecule has 0 radical (unpaired) electrons. The summed E-state index contributed by atoms with van der Waals surface area (Å²) in [6, 6.07) is 0.704. The molecule has 13 heavy (non-hydrogen) atoms. The number of hydrogen-bond acceptors (Lipinski definition) is 1. The Hall–Kier alpha value is -0.300. The Morgan fingerprint density at radius 3 is 2.46 bits per heavy atom. The summed E-state index contributed by atoms with van der Waals surface area (Å²) >= 11 is 0. The van der Waals surface area contributed by atoms with Crippen LogP contribution >= 0.6 is 0 Å². The van der Waals surface area contributed by atoms with Gasteiger partial charge in [-0.1, -0.05) is 26.3 Å². The molecule has 0 rings (SSSR count). The van der Waals surface area contributed by atoms with Crippen molar-refractivity contribution in [2.75, 3.05) is 13.6 Å². The number of rotatable bonds is 7. The third kappa shape index (κ3) is 5.09. The highest BCUT2D eigenvalue weighted by Gasteiger charge is 2.14. The van der Waals surface area contributed by atoms with Gasteiger partial charge in [0, 0.05) is 6.04 Å². The highest BCUT2D eigenvalue weighted by Crippen LogP contribution is 2.12. The van der Waals surface area contributed by atoms with E-state index >= 15 is 0 Å². The van der Waals surface area contributed by atoms with Crippen LogP contribution in [-0.2, 0) is 0 Å². The highest BCUT2D eigenvalue weighted by atomic mass is 15.1. The lowest BCUT2D eigenvalue weighted by Gasteiger charge is -2.29.